The number of aryl methyl sites for hydroxylation is 1. The SMILES string of the molecule is COc1cc(N=Nc2ccc(O)cc2)c(C)cc1N. The highest BCUT2D eigenvalue weighted by Crippen LogP contribution is 2.31. The zero-order valence-electron chi connectivity index (χ0n) is 10.8. The van der Waals surface area contributed by atoms with E-state index in [9.17, 15) is 5.11 Å². The van der Waals surface area contributed by atoms with Gasteiger partial charge in [-0.3, -0.25) is 0 Å². The molecule has 0 amide bonds. The van der Waals surface area contributed by atoms with Crippen molar-refractivity contribution in [1.29, 1.82) is 0 Å². The predicted octanol–water partition coefficient (Wildman–Crippen LogP) is 3.71. The fraction of sp³-hybridized carbons (Fsp3) is 0.143. The van der Waals surface area contributed by atoms with Crippen molar-refractivity contribution >= 4 is 17.1 Å². The van der Waals surface area contributed by atoms with Gasteiger partial charge < -0.3 is 15.6 Å². The van der Waals surface area contributed by atoms with Crippen molar-refractivity contribution in [2.24, 2.45) is 10.2 Å². The Morgan fingerprint density at radius 3 is 2.42 bits per heavy atom. The minimum absolute atomic E-state index is 0.198. The van der Waals surface area contributed by atoms with E-state index in [4.69, 9.17) is 10.5 Å². The molecule has 0 spiro atoms. The van der Waals surface area contributed by atoms with Gasteiger partial charge >= 0.3 is 0 Å². The second kappa shape index (κ2) is 5.39. The van der Waals surface area contributed by atoms with Gasteiger partial charge in [-0.25, -0.2) is 0 Å². The number of methoxy groups -OCH3 is 1. The van der Waals surface area contributed by atoms with Gasteiger partial charge in [0.1, 0.15) is 11.5 Å². The van der Waals surface area contributed by atoms with Crippen LogP contribution >= 0.6 is 0 Å². The molecule has 2 rings (SSSR count). The summed E-state index contributed by atoms with van der Waals surface area (Å²) in [6.07, 6.45) is 0. The van der Waals surface area contributed by atoms with E-state index in [1.807, 2.05) is 6.92 Å². The second-order valence-electron chi connectivity index (χ2n) is 4.10. The number of phenols is 1. The van der Waals surface area contributed by atoms with E-state index in [0.717, 1.165) is 5.56 Å². The van der Waals surface area contributed by atoms with Gasteiger partial charge in [-0.1, -0.05) is 0 Å². The van der Waals surface area contributed by atoms with Gasteiger partial charge in [0.2, 0.25) is 0 Å². The molecule has 0 aliphatic carbocycles. The number of nitrogens with two attached hydrogens (primary N) is 1. The van der Waals surface area contributed by atoms with Gasteiger partial charge in [-0.15, -0.1) is 0 Å². The Kier molecular flexibility index (Phi) is 3.66. The van der Waals surface area contributed by atoms with Crippen LogP contribution in [0.15, 0.2) is 46.6 Å². The van der Waals surface area contributed by atoms with Crippen molar-refractivity contribution in [3.05, 3.63) is 42.0 Å². The van der Waals surface area contributed by atoms with Crippen molar-refractivity contribution < 1.29 is 9.84 Å². The first-order valence-corrected chi connectivity index (χ1v) is 5.75. The Balaban J connectivity index is 2.30. The van der Waals surface area contributed by atoms with Gasteiger partial charge in [0.15, 0.2) is 0 Å². The van der Waals surface area contributed by atoms with E-state index in [-0.39, 0.29) is 5.75 Å². The molecule has 0 saturated heterocycles. The molecule has 0 bridgehead atoms. The average Bonchev–Trinajstić information content (AvgIpc) is 2.40. The number of hydrogen-bond donors (Lipinski definition) is 2. The van der Waals surface area contributed by atoms with Crippen LogP contribution in [0.1, 0.15) is 5.56 Å². The van der Waals surface area contributed by atoms with Gasteiger partial charge in [-0.2, -0.15) is 10.2 Å². The Labute approximate surface area is 111 Å². The first kappa shape index (κ1) is 12.9. The molecule has 2 aromatic carbocycles. The van der Waals surface area contributed by atoms with Crippen LogP contribution in [-0.4, -0.2) is 12.2 Å². The summed E-state index contributed by atoms with van der Waals surface area (Å²) in [6, 6.07) is 10.0. The molecule has 19 heavy (non-hydrogen) atoms. The molecule has 0 aliphatic rings. The monoisotopic (exact) mass is 257 g/mol. The summed E-state index contributed by atoms with van der Waals surface area (Å²) in [4.78, 5) is 0. The molecule has 5 heteroatoms. The van der Waals surface area contributed by atoms with Crippen molar-refractivity contribution in [3.8, 4) is 11.5 Å². The maximum absolute atomic E-state index is 9.18. The van der Waals surface area contributed by atoms with E-state index in [1.165, 1.54) is 0 Å². The lowest BCUT2D eigenvalue weighted by atomic mass is 10.1. The Morgan fingerprint density at radius 1 is 1.11 bits per heavy atom. The summed E-state index contributed by atoms with van der Waals surface area (Å²) < 4.78 is 5.15. The van der Waals surface area contributed by atoms with Crippen LogP contribution in [0.25, 0.3) is 0 Å². The lowest BCUT2D eigenvalue weighted by Gasteiger charge is -2.07. The molecule has 2 aromatic rings. The molecule has 0 saturated carbocycles. The zero-order valence-corrected chi connectivity index (χ0v) is 10.8. The Hall–Kier alpha value is -2.56. The highest BCUT2D eigenvalue weighted by Gasteiger charge is 2.04. The van der Waals surface area contributed by atoms with Crippen LogP contribution in [0.2, 0.25) is 0 Å². The Morgan fingerprint density at radius 2 is 1.79 bits per heavy atom. The summed E-state index contributed by atoms with van der Waals surface area (Å²) in [5, 5.41) is 17.4. The van der Waals surface area contributed by atoms with Crippen LogP contribution < -0.4 is 10.5 Å². The van der Waals surface area contributed by atoms with Crippen molar-refractivity contribution in [2.75, 3.05) is 12.8 Å². The topological polar surface area (TPSA) is 80.2 Å². The first-order valence-electron chi connectivity index (χ1n) is 5.75. The molecule has 0 atom stereocenters. The number of nitrogen functional groups attached to an aromatic ring is 1. The summed E-state index contributed by atoms with van der Waals surface area (Å²) in [5.41, 5.74) is 8.64. The van der Waals surface area contributed by atoms with E-state index in [0.29, 0.717) is 22.8 Å². The van der Waals surface area contributed by atoms with Crippen LogP contribution in [0.3, 0.4) is 0 Å². The largest absolute Gasteiger partial charge is 0.508 e. The van der Waals surface area contributed by atoms with Gasteiger partial charge in [0, 0.05) is 6.07 Å². The molecule has 0 unspecified atom stereocenters. The van der Waals surface area contributed by atoms with Crippen LogP contribution in [0.4, 0.5) is 17.1 Å². The highest BCUT2D eigenvalue weighted by atomic mass is 16.5. The van der Waals surface area contributed by atoms with E-state index in [1.54, 1.807) is 43.5 Å². The third kappa shape index (κ3) is 3.01. The number of phenolic OH excluding ortho intramolecular Hbond substituents is 1. The lowest BCUT2D eigenvalue weighted by molar-refractivity contribution is 0.417. The second-order valence-corrected chi connectivity index (χ2v) is 4.10. The standard InChI is InChI=1S/C14H15N3O2/c1-9-7-12(15)14(19-2)8-13(9)17-16-10-3-5-11(18)6-4-10/h3-8,18H,15H2,1-2H3. The van der Waals surface area contributed by atoms with E-state index < -0.39 is 0 Å². The quantitative estimate of drug-likeness (QED) is 0.649. The van der Waals surface area contributed by atoms with Crippen molar-refractivity contribution in [2.45, 2.75) is 6.92 Å². The summed E-state index contributed by atoms with van der Waals surface area (Å²) >= 11 is 0. The molecule has 3 N–H and O–H groups in total. The summed E-state index contributed by atoms with van der Waals surface area (Å²) in [6.45, 7) is 1.90. The van der Waals surface area contributed by atoms with Crippen LogP contribution in [-0.2, 0) is 0 Å². The molecule has 0 aromatic heterocycles. The molecule has 0 aliphatic heterocycles. The number of aromatic hydroxyl groups is 1. The molecular formula is C14H15N3O2. The van der Waals surface area contributed by atoms with Gasteiger partial charge in [-0.05, 0) is 42.8 Å². The maximum Gasteiger partial charge on any atom is 0.143 e. The summed E-state index contributed by atoms with van der Waals surface area (Å²) in [5.74, 6) is 0.773. The van der Waals surface area contributed by atoms with E-state index >= 15 is 0 Å². The molecule has 0 radical (unpaired) electrons. The summed E-state index contributed by atoms with van der Waals surface area (Å²) in [7, 11) is 1.56. The molecule has 0 heterocycles. The number of nitrogens with zero attached hydrogens (tertiary/aromatic N) is 2. The Bertz CT molecular complexity index is 607. The average molecular weight is 257 g/mol. The smallest absolute Gasteiger partial charge is 0.143 e. The number of anilines is 1. The van der Waals surface area contributed by atoms with Crippen LogP contribution in [0.5, 0.6) is 11.5 Å². The van der Waals surface area contributed by atoms with E-state index in [2.05, 4.69) is 10.2 Å². The van der Waals surface area contributed by atoms with Gasteiger partial charge in [0.05, 0.1) is 24.2 Å². The number of azo groups is 1. The minimum Gasteiger partial charge on any atom is -0.508 e. The van der Waals surface area contributed by atoms with Crippen LogP contribution in [0, 0.1) is 6.92 Å². The first-order chi connectivity index (χ1) is 9.10. The zero-order chi connectivity index (χ0) is 13.8. The third-order valence-electron chi connectivity index (χ3n) is 2.67. The lowest BCUT2D eigenvalue weighted by Crippen LogP contribution is -1.92. The van der Waals surface area contributed by atoms with Crippen molar-refractivity contribution in [3.63, 3.8) is 0 Å². The fourth-order valence-corrected chi connectivity index (χ4v) is 1.62. The molecular weight excluding hydrogens is 242 g/mol. The number of benzene rings is 2. The fourth-order valence-electron chi connectivity index (χ4n) is 1.62. The highest BCUT2D eigenvalue weighted by molar-refractivity contribution is 5.63. The number of rotatable bonds is 3. The predicted molar refractivity (Wildman–Crippen MR) is 74.4 cm³/mol. The minimum atomic E-state index is 0.198. The maximum atomic E-state index is 9.18. The molecule has 0 fully saturated rings. The number of hydrogen-bond acceptors (Lipinski definition) is 5. The van der Waals surface area contributed by atoms with Gasteiger partial charge in [0.25, 0.3) is 0 Å². The molecule has 98 valence electrons. The normalized spacial score (nSPS) is 10.8. The molecule has 5 nitrogen and oxygen atoms in total. The number of ether oxygens (including phenoxy) is 1. The van der Waals surface area contributed by atoms with Crippen molar-refractivity contribution in [1.82, 2.24) is 0 Å². The third-order valence-corrected chi connectivity index (χ3v) is 2.67.